The number of halogens is 1. The number of alkyl halides is 1. The zero-order valence-corrected chi connectivity index (χ0v) is 19.6. The van der Waals surface area contributed by atoms with Crippen LogP contribution in [0.4, 0.5) is 27.5 Å². The van der Waals surface area contributed by atoms with E-state index in [1.54, 1.807) is 12.4 Å². The van der Waals surface area contributed by atoms with Gasteiger partial charge in [-0.3, -0.25) is 9.69 Å². The van der Waals surface area contributed by atoms with Gasteiger partial charge in [0.05, 0.1) is 23.4 Å². The Morgan fingerprint density at radius 1 is 1.08 bits per heavy atom. The number of aromatic nitrogens is 3. The van der Waals surface area contributed by atoms with E-state index in [2.05, 4.69) is 37.4 Å². The maximum absolute atomic E-state index is 12.4. The van der Waals surface area contributed by atoms with Crippen LogP contribution in [-0.4, -0.2) is 58.1 Å². The van der Waals surface area contributed by atoms with Gasteiger partial charge in [0.25, 0.3) is 0 Å². The third-order valence-corrected chi connectivity index (χ3v) is 5.97. The van der Waals surface area contributed by atoms with Gasteiger partial charge in [0, 0.05) is 42.5 Å². The molecule has 1 saturated heterocycles. The van der Waals surface area contributed by atoms with Crippen LogP contribution in [0.5, 0.6) is 0 Å². The number of carbonyl (C=O) groups is 1. The molecule has 0 radical (unpaired) electrons. The lowest BCUT2D eigenvalue weighted by atomic mass is 10.0. The number of likely N-dealkylation sites (tertiary alicyclic amines) is 1. The molecule has 1 aliphatic rings. The van der Waals surface area contributed by atoms with Crippen molar-refractivity contribution < 1.29 is 9.18 Å². The van der Waals surface area contributed by atoms with Gasteiger partial charge in [0.1, 0.15) is 12.5 Å². The summed E-state index contributed by atoms with van der Waals surface area (Å²) in [7, 11) is 0. The van der Waals surface area contributed by atoms with Crippen molar-refractivity contribution in [1.82, 2.24) is 19.9 Å². The number of hydrogen-bond donors (Lipinski definition) is 3. The standard InChI is InChI=1S/C27H26FN7O/c1-2-25(36)32-20-7-3-5-18(13-20)23-8-4-6-19-14-30-27(34-26(19)23)33-21-9-10-24(29-15-21)31-22-16-35(17-22)12-11-28/h2-10,13-15,22H,1,11-12,16-17H2,(H,29,31)(H,32,36)(H,30,33,34). The number of amides is 1. The number of carbonyl (C=O) groups excluding carboxylic acids is 1. The zero-order chi connectivity index (χ0) is 24.9. The molecule has 36 heavy (non-hydrogen) atoms. The first-order valence-electron chi connectivity index (χ1n) is 11.7. The first-order chi connectivity index (χ1) is 17.6. The van der Waals surface area contributed by atoms with Gasteiger partial charge in [-0.15, -0.1) is 0 Å². The molecule has 0 spiro atoms. The molecule has 3 heterocycles. The number of fused-ring (bicyclic) bond motifs is 1. The summed E-state index contributed by atoms with van der Waals surface area (Å²) in [5.74, 6) is 0.963. The molecule has 0 saturated carbocycles. The van der Waals surface area contributed by atoms with Crippen LogP contribution in [0, 0.1) is 0 Å². The van der Waals surface area contributed by atoms with Gasteiger partial charge in [0.2, 0.25) is 11.9 Å². The first kappa shape index (κ1) is 23.4. The van der Waals surface area contributed by atoms with Crippen molar-refractivity contribution in [2.45, 2.75) is 6.04 Å². The van der Waals surface area contributed by atoms with E-state index in [1.807, 2.05) is 54.6 Å². The molecule has 2 aromatic heterocycles. The summed E-state index contributed by atoms with van der Waals surface area (Å²) in [5.41, 5.74) is 4.08. The Morgan fingerprint density at radius 3 is 2.72 bits per heavy atom. The van der Waals surface area contributed by atoms with Crippen LogP contribution in [0.3, 0.4) is 0 Å². The lowest BCUT2D eigenvalue weighted by Gasteiger charge is -2.39. The molecule has 3 N–H and O–H groups in total. The van der Waals surface area contributed by atoms with Crippen LogP contribution >= 0.6 is 0 Å². The minimum atomic E-state index is -0.315. The summed E-state index contributed by atoms with van der Waals surface area (Å²) in [6.45, 7) is 5.31. The van der Waals surface area contributed by atoms with Crippen LogP contribution in [0.25, 0.3) is 22.0 Å². The van der Waals surface area contributed by atoms with Crippen molar-refractivity contribution in [1.29, 1.82) is 0 Å². The van der Waals surface area contributed by atoms with Crippen LogP contribution in [-0.2, 0) is 4.79 Å². The second-order valence-electron chi connectivity index (χ2n) is 8.56. The number of para-hydroxylation sites is 1. The van der Waals surface area contributed by atoms with E-state index < -0.39 is 0 Å². The third-order valence-electron chi connectivity index (χ3n) is 5.97. The molecule has 0 unspecified atom stereocenters. The van der Waals surface area contributed by atoms with Crippen LogP contribution in [0.15, 0.2) is 79.6 Å². The number of benzene rings is 2. The maximum Gasteiger partial charge on any atom is 0.247 e. The highest BCUT2D eigenvalue weighted by molar-refractivity contribution is 6.00. The van der Waals surface area contributed by atoms with E-state index in [4.69, 9.17) is 4.98 Å². The monoisotopic (exact) mass is 483 g/mol. The van der Waals surface area contributed by atoms with Crippen molar-refractivity contribution in [2.24, 2.45) is 0 Å². The minimum Gasteiger partial charge on any atom is -0.365 e. The summed E-state index contributed by atoms with van der Waals surface area (Å²) in [4.78, 5) is 27.5. The molecular formula is C27H26FN7O. The predicted molar refractivity (Wildman–Crippen MR) is 141 cm³/mol. The number of anilines is 4. The highest BCUT2D eigenvalue weighted by Crippen LogP contribution is 2.30. The molecule has 4 aromatic rings. The summed E-state index contributed by atoms with van der Waals surface area (Å²) < 4.78 is 12.4. The Balaban J connectivity index is 1.32. The van der Waals surface area contributed by atoms with Crippen LogP contribution in [0.2, 0.25) is 0 Å². The van der Waals surface area contributed by atoms with E-state index >= 15 is 0 Å². The van der Waals surface area contributed by atoms with Gasteiger partial charge in [-0.05, 0) is 35.9 Å². The number of nitrogens with one attached hydrogen (secondary N) is 3. The van der Waals surface area contributed by atoms with E-state index in [9.17, 15) is 9.18 Å². The Kier molecular flexibility index (Phi) is 6.81. The number of nitrogens with zero attached hydrogens (tertiary/aromatic N) is 4. The molecule has 182 valence electrons. The fourth-order valence-electron chi connectivity index (χ4n) is 4.16. The zero-order valence-electron chi connectivity index (χ0n) is 19.6. The average molecular weight is 484 g/mol. The van der Waals surface area contributed by atoms with Gasteiger partial charge in [-0.1, -0.05) is 36.9 Å². The molecule has 9 heteroatoms. The number of hydrogen-bond acceptors (Lipinski definition) is 7. The fraction of sp³-hybridized carbons (Fsp3) is 0.185. The van der Waals surface area contributed by atoms with Gasteiger partial charge in [-0.25, -0.2) is 19.3 Å². The summed E-state index contributed by atoms with van der Waals surface area (Å²) in [6.07, 6.45) is 4.75. The Hall–Kier alpha value is -4.37. The molecule has 0 bridgehead atoms. The molecule has 0 atom stereocenters. The van der Waals surface area contributed by atoms with Gasteiger partial charge < -0.3 is 16.0 Å². The summed E-state index contributed by atoms with van der Waals surface area (Å²) in [5, 5.41) is 10.3. The SMILES string of the molecule is C=CC(=O)Nc1cccc(-c2cccc3cnc(Nc4ccc(NC5CN(CCF)C5)nc4)nc23)c1. The van der Waals surface area contributed by atoms with Crippen LogP contribution in [0.1, 0.15) is 0 Å². The molecule has 2 aromatic carbocycles. The maximum atomic E-state index is 12.4. The smallest absolute Gasteiger partial charge is 0.247 e. The summed E-state index contributed by atoms with van der Waals surface area (Å²) in [6, 6.07) is 17.6. The second kappa shape index (κ2) is 10.5. The van der Waals surface area contributed by atoms with E-state index in [0.717, 1.165) is 46.6 Å². The van der Waals surface area contributed by atoms with E-state index in [0.29, 0.717) is 18.2 Å². The van der Waals surface area contributed by atoms with Crippen molar-refractivity contribution >= 4 is 40.0 Å². The van der Waals surface area contributed by atoms with Gasteiger partial charge >= 0.3 is 0 Å². The predicted octanol–water partition coefficient (Wildman–Crippen LogP) is 4.63. The minimum absolute atomic E-state index is 0.264. The first-order valence-corrected chi connectivity index (χ1v) is 11.7. The largest absolute Gasteiger partial charge is 0.365 e. The third kappa shape index (κ3) is 5.31. The van der Waals surface area contributed by atoms with Gasteiger partial charge in [-0.2, -0.15) is 0 Å². The molecule has 5 rings (SSSR count). The van der Waals surface area contributed by atoms with E-state index in [1.165, 1.54) is 6.08 Å². The van der Waals surface area contributed by atoms with E-state index in [-0.39, 0.29) is 18.6 Å². The molecule has 1 aliphatic heterocycles. The Bertz CT molecular complexity index is 1390. The molecule has 1 amide bonds. The summed E-state index contributed by atoms with van der Waals surface area (Å²) >= 11 is 0. The highest BCUT2D eigenvalue weighted by atomic mass is 19.1. The lowest BCUT2D eigenvalue weighted by Crippen LogP contribution is -2.55. The fourth-order valence-corrected chi connectivity index (χ4v) is 4.16. The number of pyridine rings is 1. The van der Waals surface area contributed by atoms with Crippen molar-refractivity contribution in [3.05, 3.63) is 79.6 Å². The highest BCUT2D eigenvalue weighted by Gasteiger charge is 2.26. The second-order valence-corrected chi connectivity index (χ2v) is 8.56. The molecule has 8 nitrogen and oxygen atoms in total. The molecule has 1 fully saturated rings. The van der Waals surface area contributed by atoms with Crippen molar-refractivity contribution in [3.63, 3.8) is 0 Å². The average Bonchev–Trinajstić information content (AvgIpc) is 2.88. The Labute approximate surface area is 208 Å². The van der Waals surface area contributed by atoms with Gasteiger partial charge in [0.15, 0.2) is 0 Å². The normalized spacial score (nSPS) is 13.7. The number of rotatable bonds is 9. The van der Waals surface area contributed by atoms with Crippen molar-refractivity contribution in [2.75, 3.05) is 42.3 Å². The molecule has 0 aliphatic carbocycles. The topological polar surface area (TPSA) is 95.1 Å². The lowest BCUT2D eigenvalue weighted by molar-refractivity contribution is -0.111. The Morgan fingerprint density at radius 2 is 1.94 bits per heavy atom. The quantitative estimate of drug-likeness (QED) is 0.299. The van der Waals surface area contributed by atoms with Crippen LogP contribution < -0.4 is 16.0 Å². The van der Waals surface area contributed by atoms with Crippen molar-refractivity contribution in [3.8, 4) is 11.1 Å². The molecular weight excluding hydrogens is 457 g/mol.